The van der Waals surface area contributed by atoms with Gasteiger partial charge in [-0.2, -0.15) is 5.10 Å². The van der Waals surface area contributed by atoms with Gasteiger partial charge in [-0.15, -0.1) is 0 Å². The molecule has 1 aromatic heterocycles. The third-order valence-electron chi connectivity index (χ3n) is 8.09. The summed E-state index contributed by atoms with van der Waals surface area (Å²) in [4.78, 5) is 22.8. The summed E-state index contributed by atoms with van der Waals surface area (Å²) in [5.74, 6) is -0.749. The Morgan fingerprint density at radius 3 is 1.96 bits per heavy atom. The fourth-order valence-electron chi connectivity index (χ4n) is 5.67. The number of anilines is 1. The number of ether oxygens (including phenoxy) is 1. The van der Waals surface area contributed by atoms with Crippen molar-refractivity contribution in [3.63, 3.8) is 0 Å². The van der Waals surface area contributed by atoms with Crippen LogP contribution in [0.1, 0.15) is 23.3 Å². The van der Waals surface area contributed by atoms with Gasteiger partial charge in [0.1, 0.15) is 5.75 Å². The van der Waals surface area contributed by atoms with E-state index in [-0.39, 0.29) is 19.9 Å². The molecule has 0 radical (unpaired) electrons. The van der Waals surface area contributed by atoms with Gasteiger partial charge in [0, 0.05) is 21.2 Å². The minimum Gasteiger partial charge on any atom is -0.482 e. The summed E-state index contributed by atoms with van der Waals surface area (Å²) in [6.45, 7) is -0.607. The van der Waals surface area contributed by atoms with Crippen molar-refractivity contribution in [1.29, 1.82) is 0 Å². The Morgan fingerprint density at radius 2 is 1.30 bits per heavy atom. The Morgan fingerprint density at radius 1 is 0.704 bits per heavy atom. The molecule has 0 atom stereocenters. The molecular formula is C44H39BrN4O5. The lowest BCUT2D eigenvalue weighted by Gasteiger charge is -2.11. The van der Waals surface area contributed by atoms with Gasteiger partial charge in [0.15, 0.2) is 6.61 Å². The maximum absolute atomic E-state index is 11.8. The molecule has 0 saturated heterocycles. The summed E-state index contributed by atoms with van der Waals surface area (Å²) in [5.41, 5.74) is 13.6. The highest BCUT2D eigenvalue weighted by molar-refractivity contribution is 9.10. The monoisotopic (exact) mass is 782 g/mol. The van der Waals surface area contributed by atoms with Crippen molar-refractivity contribution < 1.29 is 24.5 Å². The number of carbonyl (C=O) groups excluding carboxylic acids is 1. The van der Waals surface area contributed by atoms with Crippen LogP contribution in [-0.2, 0) is 11.4 Å². The number of aliphatic hydroxyl groups is 1. The predicted octanol–water partition coefficient (Wildman–Crippen LogP) is 9.67. The normalized spacial score (nSPS) is 10.3. The second-order valence-corrected chi connectivity index (χ2v) is 12.5. The molecule has 0 fully saturated rings. The highest BCUT2D eigenvalue weighted by atomic mass is 79.9. The van der Waals surface area contributed by atoms with E-state index in [4.69, 9.17) is 14.9 Å². The van der Waals surface area contributed by atoms with Gasteiger partial charge in [-0.05, 0) is 75.6 Å². The average Bonchev–Trinajstić information content (AvgIpc) is 3.60. The standard InChI is InChI=1S/C30H24N2O4.C13H11BrN2O.CH4/c33-19-27-29(31-32(23-13-5-2-6-14-23)30(27)21-10-3-1-4-11-21)26-17-8-7-16-25(26)22-12-9-15-24(18-22)36-20-28(34)35;14-12-9-5-4-8-11(12)13(17)16-15-10-6-2-1-3-7-10;/h1-18,33H,19-20H2,(H,34,35);1-9,15H,(H,16,17);1H4. The molecule has 0 aliphatic carbocycles. The SMILES string of the molecule is C.O=C(NNc1ccccc1)c1ccccc1Br.O=C(O)COc1cccc(-c2ccccc2-c2nn(-c3ccccc3)c(-c3ccccc3)c2CO)c1. The Balaban J connectivity index is 0.000000262. The van der Waals surface area contributed by atoms with Crippen molar-refractivity contribution in [3.05, 3.63) is 179 Å². The zero-order chi connectivity index (χ0) is 37.0. The zero-order valence-electron chi connectivity index (χ0n) is 28.4. The van der Waals surface area contributed by atoms with Crippen molar-refractivity contribution in [2.45, 2.75) is 14.0 Å². The van der Waals surface area contributed by atoms with Gasteiger partial charge >= 0.3 is 5.97 Å². The van der Waals surface area contributed by atoms with Crippen molar-refractivity contribution in [1.82, 2.24) is 15.2 Å². The molecule has 0 aliphatic rings. The summed E-state index contributed by atoms with van der Waals surface area (Å²) in [7, 11) is 0. The lowest BCUT2D eigenvalue weighted by atomic mass is 9.94. The van der Waals surface area contributed by atoms with Crippen LogP contribution >= 0.6 is 15.9 Å². The number of aliphatic carboxylic acids is 1. The van der Waals surface area contributed by atoms with Gasteiger partial charge in [-0.1, -0.05) is 123 Å². The van der Waals surface area contributed by atoms with Crippen LogP contribution in [-0.4, -0.2) is 38.5 Å². The Bertz CT molecular complexity index is 2300. The number of para-hydroxylation sites is 2. The largest absolute Gasteiger partial charge is 0.482 e. The molecule has 0 unspecified atom stereocenters. The number of amides is 1. The topological polar surface area (TPSA) is 126 Å². The number of carbonyl (C=O) groups is 2. The first-order chi connectivity index (χ1) is 25.9. The van der Waals surface area contributed by atoms with Gasteiger partial charge in [0.25, 0.3) is 5.91 Å². The Hall–Kier alpha value is -6.49. The van der Waals surface area contributed by atoms with Crippen LogP contribution in [0.3, 0.4) is 0 Å². The third-order valence-corrected chi connectivity index (χ3v) is 8.78. The molecule has 0 spiro atoms. The number of benzene rings is 6. The molecule has 0 aliphatic heterocycles. The molecule has 0 bridgehead atoms. The van der Waals surface area contributed by atoms with Gasteiger partial charge in [-0.3, -0.25) is 15.6 Å². The number of carboxylic acids is 1. The number of nitrogens with zero attached hydrogens (tertiary/aromatic N) is 2. The molecule has 7 aromatic rings. The zero-order valence-corrected chi connectivity index (χ0v) is 30.0. The maximum atomic E-state index is 11.8. The first kappa shape index (κ1) is 38.7. The predicted molar refractivity (Wildman–Crippen MR) is 217 cm³/mol. The van der Waals surface area contributed by atoms with Crippen LogP contribution in [0.15, 0.2) is 168 Å². The van der Waals surface area contributed by atoms with Crippen LogP contribution in [0.2, 0.25) is 0 Å². The number of hydrogen-bond acceptors (Lipinski definition) is 6. The van der Waals surface area contributed by atoms with Crippen LogP contribution in [0.5, 0.6) is 5.75 Å². The van der Waals surface area contributed by atoms with E-state index in [1.807, 2.05) is 156 Å². The first-order valence-corrected chi connectivity index (χ1v) is 17.5. The van der Waals surface area contributed by atoms with Gasteiger partial charge in [0.2, 0.25) is 0 Å². The minimum absolute atomic E-state index is 0. The van der Waals surface area contributed by atoms with Crippen molar-refractivity contribution in [3.8, 4) is 45.1 Å². The Labute approximate surface area is 322 Å². The molecule has 7 rings (SSSR count). The minimum atomic E-state index is -1.03. The lowest BCUT2D eigenvalue weighted by Crippen LogP contribution is -2.29. The fraction of sp³-hybridized carbons (Fsp3) is 0.0682. The highest BCUT2D eigenvalue weighted by Crippen LogP contribution is 2.39. The number of aliphatic hydroxyl groups excluding tert-OH is 1. The quantitative estimate of drug-likeness (QED) is 0.0964. The molecule has 1 amide bonds. The van der Waals surface area contributed by atoms with Crippen molar-refractivity contribution >= 4 is 33.5 Å². The van der Waals surface area contributed by atoms with E-state index in [2.05, 4.69) is 26.8 Å². The van der Waals surface area contributed by atoms with E-state index < -0.39 is 12.6 Å². The van der Waals surface area contributed by atoms with E-state index in [1.165, 1.54) is 0 Å². The molecule has 9 nitrogen and oxygen atoms in total. The molecule has 4 N–H and O–H groups in total. The molecule has 272 valence electrons. The number of halogens is 1. The van der Waals surface area contributed by atoms with Crippen molar-refractivity contribution in [2.24, 2.45) is 0 Å². The maximum Gasteiger partial charge on any atom is 0.341 e. The summed E-state index contributed by atoms with van der Waals surface area (Å²) in [5, 5.41) is 24.6. The number of rotatable bonds is 11. The molecule has 10 heteroatoms. The second-order valence-electron chi connectivity index (χ2n) is 11.6. The average molecular weight is 784 g/mol. The number of carboxylic acid groups (broad SMARTS) is 1. The van der Waals surface area contributed by atoms with E-state index in [0.717, 1.165) is 49.4 Å². The van der Waals surface area contributed by atoms with Crippen LogP contribution in [0.25, 0.3) is 39.3 Å². The van der Waals surface area contributed by atoms with E-state index >= 15 is 0 Å². The summed E-state index contributed by atoms with van der Waals surface area (Å²) >= 11 is 3.33. The van der Waals surface area contributed by atoms with Gasteiger partial charge in [-0.25, -0.2) is 9.48 Å². The van der Waals surface area contributed by atoms with Crippen LogP contribution in [0.4, 0.5) is 5.69 Å². The fourth-order valence-corrected chi connectivity index (χ4v) is 6.13. The van der Waals surface area contributed by atoms with E-state index in [9.17, 15) is 14.7 Å². The lowest BCUT2D eigenvalue weighted by molar-refractivity contribution is -0.139. The molecule has 0 saturated carbocycles. The summed E-state index contributed by atoms with van der Waals surface area (Å²) in [6, 6.07) is 51.6. The number of aromatic nitrogens is 2. The highest BCUT2D eigenvalue weighted by Gasteiger charge is 2.23. The summed E-state index contributed by atoms with van der Waals surface area (Å²) in [6.07, 6.45) is 0. The Kier molecular flexibility index (Phi) is 13.5. The second kappa shape index (κ2) is 18.8. The third kappa shape index (κ3) is 9.48. The van der Waals surface area contributed by atoms with Crippen molar-refractivity contribution in [2.75, 3.05) is 12.0 Å². The summed E-state index contributed by atoms with van der Waals surface area (Å²) < 4.78 is 8.04. The smallest absolute Gasteiger partial charge is 0.341 e. The molecule has 6 aromatic carbocycles. The van der Waals surface area contributed by atoms with Crippen LogP contribution in [0, 0.1) is 0 Å². The number of hydrazine groups is 1. The number of hydrogen-bond donors (Lipinski definition) is 4. The number of nitrogens with one attached hydrogen (secondary N) is 2. The first-order valence-electron chi connectivity index (χ1n) is 16.7. The molecule has 1 heterocycles. The molecular weight excluding hydrogens is 744 g/mol. The van der Waals surface area contributed by atoms with Crippen LogP contribution < -0.4 is 15.6 Å². The molecule has 54 heavy (non-hydrogen) atoms. The van der Waals surface area contributed by atoms with E-state index in [0.29, 0.717) is 17.0 Å². The van der Waals surface area contributed by atoms with E-state index in [1.54, 1.807) is 12.1 Å². The van der Waals surface area contributed by atoms with Gasteiger partial charge in [0.05, 0.1) is 34.9 Å². The van der Waals surface area contributed by atoms with Gasteiger partial charge < -0.3 is 14.9 Å².